The molecule has 0 spiro atoms. The van der Waals surface area contributed by atoms with Crippen LogP contribution in [0.5, 0.6) is 0 Å². The highest BCUT2D eigenvalue weighted by Gasteiger charge is 2.15. The van der Waals surface area contributed by atoms with E-state index in [0.29, 0.717) is 6.54 Å². The lowest BCUT2D eigenvalue weighted by atomic mass is 10.3. The summed E-state index contributed by atoms with van der Waals surface area (Å²) >= 11 is 0. The van der Waals surface area contributed by atoms with Crippen molar-refractivity contribution in [2.75, 3.05) is 13.2 Å². The molecule has 2 rings (SSSR count). The van der Waals surface area contributed by atoms with Crippen LogP contribution in [0.25, 0.3) is 0 Å². The van der Waals surface area contributed by atoms with E-state index in [9.17, 15) is 4.79 Å². The van der Waals surface area contributed by atoms with Gasteiger partial charge in [-0.3, -0.25) is 4.79 Å². The Bertz CT molecular complexity index is 537. The maximum atomic E-state index is 11.8. The molecule has 108 valence electrons. The van der Waals surface area contributed by atoms with Gasteiger partial charge in [-0.1, -0.05) is 0 Å². The van der Waals surface area contributed by atoms with Crippen LogP contribution >= 0.6 is 0 Å². The second-order valence-corrected chi connectivity index (χ2v) is 4.27. The molecule has 0 saturated heterocycles. The van der Waals surface area contributed by atoms with Gasteiger partial charge >= 0.3 is 0 Å². The minimum Gasteiger partial charge on any atom is -0.446 e. The average Bonchev–Trinajstić information content (AvgIpc) is 3.13. The first-order valence-corrected chi connectivity index (χ1v) is 6.26. The molecule has 0 radical (unpaired) electrons. The summed E-state index contributed by atoms with van der Waals surface area (Å²) in [5.74, 6) is -0.174. The molecule has 4 N–H and O–H groups in total. The number of hydrogen-bond acceptors (Lipinski definition) is 6. The molecule has 1 atom stereocenters. The summed E-state index contributed by atoms with van der Waals surface area (Å²) in [4.78, 5) is 19.6. The van der Waals surface area contributed by atoms with Gasteiger partial charge in [0.2, 0.25) is 5.89 Å². The number of carbonyl (C=O) groups is 1. The van der Waals surface area contributed by atoms with Gasteiger partial charge in [-0.2, -0.15) is 0 Å². The maximum absolute atomic E-state index is 11.8. The second kappa shape index (κ2) is 6.83. The number of aliphatic hydroxyl groups is 1. The smallest absolute Gasteiger partial charge is 0.273 e. The van der Waals surface area contributed by atoms with Gasteiger partial charge in [0.25, 0.3) is 5.91 Å². The van der Waals surface area contributed by atoms with Crippen LogP contribution in [0.3, 0.4) is 0 Å². The summed E-state index contributed by atoms with van der Waals surface area (Å²) in [6, 6.07) is -0.710. The first-order chi connectivity index (χ1) is 9.70. The fraction of sp³-hybridized carbons (Fsp3) is 0.417. The number of imidazole rings is 1. The molecule has 0 aliphatic carbocycles. The molecule has 8 heteroatoms. The van der Waals surface area contributed by atoms with Gasteiger partial charge in [0, 0.05) is 25.5 Å². The SMILES string of the molecule is NC(CO)c1nc(C(=O)NCCCn2ccnc2)co1. The lowest BCUT2D eigenvalue weighted by Crippen LogP contribution is -2.25. The van der Waals surface area contributed by atoms with E-state index in [1.54, 1.807) is 12.5 Å². The van der Waals surface area contributed by atoms with E-state index in [0.717, 1.165) is 13.0 Å². The number of hydrogen-bond donors (Lipinski definition) is 3. The Morgan fingerprint density at radius 2 is 2.45 bits per heavy atom. The predicted molar refractivity (Wildman–Crippen MR) is 69.7 cm³/mol. The normalized spacial score (nSPS) is 12.3. The Labute approximate surface area is 115 Å². The molecule has 8 nitrogen and oxygen atoms in total. The molecule has 0 aromatic carbocycles. The molecule has 0 saturated carbocycles. The third-order valence-electron chi connectivity index (χ3n) is 2.71. The summed E-state index contributed by atoms with van der Waals surface area (Å²) < 4.78 is 6.97. The number of aryl methyl sites for hydroxylation is 1. The van der Waals surface area contributed by atoms with Gasteiger partial charge in [0.1, 0.15) is 12.3 Å². The highest BCUT2D eigenvalue weighted by atomic mass is 16.3. The van der Waals surface area contributed by atoms with Gasteiger partial charge < -0.3 is 25.1 Å². The highest BCUT2D eigenvalue weighted by molar-refractivity contribution is 5.91. The number of carbonyl (C=O) groups excluding carboxylic acids is 1. The van der Waals surface area contributed by atoms with Crippen LogP contribution in [0.1, 0.15) is 28.8 Å². The van der Waals surface area contributed by atoms with E-state index in [-0.39, 0.29) is 24.1 Å². The first kappa shape index (κ1) is 14.2. The van der Waals surface area contributed by atoms with Crippen molar-refractivity contribution in [1.82, 2.24) is 19.9 Å². The van der Waals surface area contributed by atoms with Gasteiger partial charge in [-0.05, 0) is 6.42 Å². The molecule has 0 bridgehead atoms. The van der Waals surface area contributed by atoms with Crippen LogP contribution in [0.4, 0.5) is 0 Å². The van der Waals surface area contributed by atoms with E-state index in [1.165, 1.54) is 6.26 Å². The van der Waals surface area contributed by atoms with Crippen molar-refractivity contribution in [3.05, 3.63) is 36.6 Å². The zero-order valence-electron chi connectivity index (χ0n) is 10.9. The third kappa shape index (κ3) is 3.65. The summed E-state index contributed by atoms with van der Waals surface area (Å²) in [5, 5.41) is 11.6. The lowest BCUT2D eigenvalue weighted by molar-refractivity contribution is 0.0947. The van der Waals surface area contributed by atoms with Crippen LogP contribution in [0.15, 0.2) is 29.4 Å². The summed E-state index contributed by atoms with van der Waals surface area (Å²) in [7, 11) is 0. The Hall–Kier alpha value is -2.19. The number of oxazole rings is 1. The molecule has 2 aromatic rings. The van der Waals surface area contributed by atoms with Crippen LogP contribution in [0.2, 0.25) is 0 Å². The molecule has 2 heterocycles. The number of aromatic nitrogens is 3. The van der Waals surface area contributed by atoms with Crippen molar-refractivity contribution < 1.29 is 14.3 Å². The number of amides is 1. The number of nitrogens with two attached hydrogens (primary N) is 1. The van der Waals surface area contributed by atoms with Crippen molar-refractivity contribution in [2.24, 2.45) is 5.73 Å². The van der Waals surface area contributed by atoms with Gasteiger partial charge in [0.05, 0.1) is 12.9 Å². The highest BCUT2D eigenvalue weighted by Crippen LogP contribution is 2.09. The van der Waals surface area contributed by atoms with Crippen molar-refractivity contribution in [3.8, 4) is 0 Å². The third-order valence-corrected chi connectivity index (χ3v) is 2.71. The quantitative estimate of drug-likeness (QED) is 0.598. The van der Waals surface area contributed by atoms with E-state index < -0.39 is 6.04 Å². The Morgan fingerprint density at radius 3 is 3.15 bits per heavy atom. The molecule has 0 aliphatic heterocycles. The van der Waals surface area contributed by atoms with Crippen molar-refractivity contribution in [2.45, 2.75) is 19.0 Å². The first-order valence-electron chi connectivity index (χ1n) is 6.26. The monoisotopic (exact) mass is 279 g/mol. The Balaban J connectivity index is 1.75. The van der Waals surface area contributed by atoms with Crippen LogP contribution in [-0.4, -0.2) is 38.7 Å². The summed E-state index contributed by atoms with van der Waals surface area (Å²) in [6.07, 6.45) is 7.31. The fourth-order valence-electron chi connectivity index (χ4n) is 1.61. The van der Waals surface area contributed by atoms with Crippen LogP contribution < -0.4 is 11.1 Å². The zero-order valence-corrected chi connectivity index (χ0v) is 10.9. The molecule has 2 aromatic heterocycles. The standard InChI is InChI=1S/C12H17N5O3/c13-9(6-18)12-16-10(7-20-12)11(19)15-2-1-4-17-5-3-14-8-17/h3,5,7-9,18H,1-2,4,6,13H2,(H,15,19). The van der Waals surface area contributed by atoms with Crippen LogP contribution in [-0.2, 0) is 6.54 Å². The number of aliphatic hydroxyl groups excluding tert-OH is 1. The second-order valence-electron chi connectivity index (χ2n) is 4.27. The van der Waals surface area contributed by atoms with E-state index in [2.05, 4.69) is 15.3 Å². The molecule has 0 fully saturated rings. The number of nitrogens with one attached hydrogen (secondary N) is 1. The van der Waals surface area contributed by atoms with E-state index >= 15 is 0 Å². The summed E-state index contributed by atoms with van der Waals surface area (Å²) in [6.45, 7) is 1.01. The minimum absolute atomic E-state index is 0.149. The van der Waals surface area contributed by atoms with Crippen LogP contribution in [0, 0.1) is 0 Å². The molecular formula is C12H17N5O3. The van der Waals surface area contributed by atoms with Gasteiger partial charge in [-0.15, -0.1) is 0 Å². The van der Waals surface area contributed by atoms with E-state index in [1.807, 2.05) is 10.8 Å². The number of rotatable bonds is 7. The molecule has 20 heavy (non-hydrogen) atoms. The minimum atomic E-state index is -0.710. The topological polar surface area (TPSA) is 119 Å². The van der Waals surface area contributed by atoms with Crippen molar-refractivity contribution >= 4 is 5.91 Å². The zero-order chi connectivity index (χ0) is 14.4. The largest absolute Gasteiger partial charge is 0.446 e. The van der Waals surface area contributed by atoms with Gasteiger partial charge in [-0.25, -0.2) is 9.97 Å². The van der Waals surface area contributed by atoms with Crippen molar-refractivity contribution in [1.29, 1.82) is 0 Å². The number of nitrogens with zero attached hydrogens (tertiary/aromatic N) is 3. The molecule has 1 amide bonds. The molecular weight excluding hydrogens is 262 g/mol. The average molecular weight is 279 g/mol. The fourth-order valence-corrected chi connectivity index (χ4v) is 1.61. The Kier molecular flexibility index (Phi) is 4.85. The molecule has 1 unspecified atom stereocenters. The predicted octanol–water partition coefficient (Wildman–Crippen LogP) is -0.317. The summed E-state index contributed by atoms with van der Waals surface area (Å²) in [5.41, 5.74) is 5.70. The Morgan fingerprint density at radius 1 is 1.60 bits per heavy atom. The van der Waals surface area contributed by atoms with E-state index in [4.69, 9.17) is 15.3 Å². The lowest BCUT2D eigenvalue weighted by Gasteiger charge is -2.03. The molecule has 0 aliphatic rings. The van der Waals surface area contributed by atoms with Gasteiger partial charge in [0.15, 0.2) is 5.69 Å². The van der Waals surface area contributed by atoms with Crippen molar-refractivity contribution in [3.63, 3.8) is 0 Å². The maximum Gasteiger partial charge on any atom is 0.273 e.